The molecule has 0 aliphatic carbocycles. The molecule has 22 heavy (non-hydrogen) atoms. The number of benzene rings is 1. The molecule has 0 heterocycles. The summed E-state index contributed by atoms with van der Waals surface area (Å²) < 4.78 is 13.7. The fourth-order valence-electron chi connectivity index (χ4n) is 1.99. The monoisotopic (exact) mass is 300 g/mol. The number of carbonyl (C=O) groups excluding carboxylic acids is 1. The van der Waals surface area contributed by atoms with E-state index in [4.69, 9.17) is 0 Å². The van der Waals surface area contributed by atoms with Gasteiger partial charge < -0.3 is 4.90 Å². The van der Waals surface area contributed by atoms with Gasteiger partial charge in [-0.05, 0) is 30.7 Å². The number of allylic oxidation sites excluding steroid dienone is 3. The van der Waals surface area contributed by atoms with E-state index in [-0.39, 0.29) is 5.56 Å². The Kier molecular flexibility index (Phi) is 6.96. The molecule has 4 heteroatoms. The van der Waals surface area contributed by atoms with Crippen LogP contribution in [0.5, 0.6) is 0 Å². The first-order chi connectivity index (χ1) is 10.6. The first-order valence-electron chi connectivity index (χ1n) is 7.09. The topological polar surface area (TPSA) is 32.7 Å². The molecule has 0 saturated carbocycles. The van der Waals surface area contributed by atoms with Gasteiger partial charge in [0.15, 0.2) is 6.29 Å². The number of hydrogen-bond donors (Lipinski definition) is 0. The van der Waals surface area contributed by atoms with Gasteiger partial charge in [0.1, 0.15) is 11.7 Å². The molecule has 0 aliphatic rings. The van der Waals surface area contributed by atoms with E-state index in [1.165, 1.54) is 6.07 Å². The summed E-state index contributed by atoms with van der Waals surface area (Å²) >= 11 is 0. The van der Waals surface area contributed by atoms with Gasteiger partial charge in [0.25, 0.3) is 0 Å². The SMILES string of the molecule is C=C/C=C(\C=C)N(C)C(CCC)=Nc1cccc(F)c1C=O. The fraction of sp³-hybridized carbons (Fsp3) is 0.222. The Labute approximate surface area is 131 Å². The van der Waals surface area contributed by atoms with Crippen LogP contribution in [0.15, 0.2) is 60.3 Å². The molecule has 3 nitrogen and oxygen atoms in total. The van der Waals surface area contributed by atoms with Gasteiger partial charge in [-0.15, -0.1) is 0 Å². The molecule has 1 aromatic rings. The molecule has 0 bridgehead atoms. The molecular formula is C18H21FN2O. The van der Waals surface area contributed by atoms with Crippen LogP contribution in [-0.2, 0) is 0 Å². The number of amidine groups is 1. The summed E-state index contributed by atoms with van der Waals surface area (Å²) in [5.74, 6) is 0.157. The average Bonchev–Trinajstić information content (AvgIpc) is 2.51. The lowest BCUT2D eigenvalue weighted by Gasteiger charge is -2.22. The lowest BCUT2D eigenvalue weighted by atomic mass is 10.2. The summed E-state index contributed by atoms with van der Waals surface area (Å²) in [6.07, 6.45) is 7.21. The molecule has 0 atom stereocenters. The molecule has 0 fully saturated rings. The van der Waals surface area contributed by atoms with Gasteiger partial charge in [-0.3, -0.25) is 4.79 Å². The van der Waals surface area contributed by atoms with Crippen molar-refractivity contribution in [2.75, 3.05) is 7.05 Å². The summed E-state index contributed by atoms with van der Waals surface area (Å²) in [4.78, 5) is 17.4. The average molecular weight is 300 g/mol. The molecule has 0 N–H and O–H groups in total. The Bertz CT molecular complexity index is 618. The maximum absolute atomic E-state index is 13.7. The highest BCUT2D eigenvalue weighted by Gasteiger charge is 2.12. The number of carbonyl (C=O) groups is 1. The number of aldehydes is 1. The number of nitrogens with zero attached hydrogens (tertiary/aromatic N) is 2. The highest BCUT2D eigenvalue weighted by molar-refractivity contribution is 5.90. The van der Waals surface area contributed by atoms with E-state index in [1.54, 1.807) is 24.3 Å². The van der Waals surface area contributed by atoms with Crippen LogP contribution in [-0.4, -0.2) is 24.1 Å². The predicted molar refractivity (Wildman–Crippen MR) is 90.0 cm³/mol. The maximum Gasteiger partial charge on any atom is 0.155 e. The largest absolute Gasteiger partial charge is 0.333 e. The van der Waals surface area contributed by atoms with E-state index >= 15 is 0 Å². The first kappa shape index (κ1) is 17.6. The van der Waals surface area contributed by atoms with Crippen LogP contribution in [0.25, 0.3) is 0 Å². The molecule has 0 aromatic heterocycles. The molecule has 0 amide bonds. The number of hydrogen-bond acceptors (Lipinski definition) is 2. The van der Waals surface area contributed by atoms with Crippen LogP contribution in [0.4, 0.5) is 10.1 Å². The third-order valence-corrected chi connectivity index (χ3v) is 3.14. The van der Waals surface area contributed by atoms with Gasteiger partial charge in [-0.25, -0.2) is 9.38 Å². The van der Waals surface area contributed by atoms with Crippen molar-refractivity contribution in [1.82, 2.24) is 4.90 Å². The van der Waals surface area contributed by atoms with Gasteiger partial charge in [0.05, 0.1) is 11.3 Å². The fourth-order valence-corrected chi connectivity index (χ4v) is 1.99. The molecule has 0 unspecified atom stereocenters. The van der Waals surface area contributed by atoms with E-state index in [2.05, 4.69) is 18.2 Å². The number of rotatable bonds is 7. The minimum absolute atomic E-state index is 0.0302. The zero-order valence-corrected chi connectivity index (χ0v) is 13.1. The predicted octanol–water partition coefficient (Wildman–Crippen LogP) is 4.66. The Hall–Kier alpha value is -2.49. The van der Waals surface area contributed by atoms with Crippen LogP contribution < -0.4 is 0 Å². The highest BCUT2D eigenvalue weighted by atomic mass is 19.1. The van der Waals surface area contributed by atoms with Crippen LogP contribution in [0.2, 0.25) is 0 Å². The summed E-state index contributed by atoms with van der Waals surface area (Å²) in [5, 5.41) is 0. The lowest BCUT2D eigenvalue weighted by molar-refractivity contribution is 0.112. The minimum Gasteiger partial charge on any atom is -0.333 e. The van der Waals surface area contributed by atoms with Gasteiger partial charge in [-0.2, -0.15) is 0 Å². The molecule has 0 radical (unpaired) electrons. The number of halogens is 1. The van der Waals surface area contributed by atoms with Crippen molar-refractivity contribution in [2.24, 2.45) is 4.99 Å². The van der Waals surface area contributed by atoms with Crippen LogP contribution in [0.1, 0.15) is 30.1 Å². The van der Waals surface area contributed by atoms with E-state index < -0.39 is 5.82 Å². The molecule has 1 rings (SSSR count). The summed E-state index contributed by atoms with van der Waals surface area (Å²) in [6, 6.07) is 4.42. The van der Waals surface area contributed by atoms with Crippen LogP contribution in [0.3, 0.4) is 0 Å². The standard InChI is InChI=1S/C18H21FN2O/c1-5-9-14(7-3)21(4)18(10-6-2)20-17-12-8-11-16(19)15(17)13-22/h5,7-9,11-13H,1,3,6,10H2,2,4H3/b14-9+,20-18?. The van der Waals surface area contributed by atoms with Crippen molar-refractivity contribution in [3.8, 4) is 0 Å². The smallest absolute Gasteiger partial charge is 0.155 e. The van der Waals surface area contributed by atoms with Gasteiger partial charge in [0.2, 0.25) is 0 Å². The summed E-state index contributed by atoms with van der Waals surface area (Å²) in [6.45, 7) is 9.47. The Morgan fingerprint density at radius 1 is 1.41 bits per heavy atom. The zero-order valence-electron chi connectivity index (χ0n) is 13.1. The van der Waals surface area contributed by atoms with E-state index in [0.717, 1.165) is 18.0 Å². The van der Waals surface area contributed by atoms with Crippen LogP contribution in [0, 0.1) is 5.82 Å². The molecule has 0 saturated heterocycles. The second-order valence-corrected chi connectivity index (χ2v) is 4.66. The van der Waals surface area contributed by atoms with Gasteiger partial charge >= 0.3 is 0 Å². The van der Waals surface area contributed by atoms with Gasteiger partial charge in [-0.1, -0.05) is 32.2 Å². The van der Waals surface area contributed by atoms with Crippen molar-refractivity contribution < 1.29 is 9.18 Å². The normalized spacial score (nSPS) is 12.0. The Balaban J connectivity index is 3.34. The second-order valence-electron chi connectivity index (χ2n) is 4.66. The van der Waals surface area contributed by atoms with Crippen molar-refractivity contribution in [3.63, 3.8) is 0 Å². The Morgan fingerprint density at radius 2 is 2.14 bits per heavy atom. The first-order valence-corrected chi connectivity index (χ1v) is 7.09. The van der Waals surface area contributed by atoms with Crippen molar-refractivity contribution >= 4 is 17.8 Å². The van der Waals surface area contributed by atoms with Crippen molar-refractivity contribution in [1.29, 1.82) is 0 Å². The molecule has 0 aliphatic heterocycles. The second kappa shape index (κ2) is 8.72. The minimum atomic E-state index is -0.569. The molecule has 116 valence electrons. The maximum atomic E-state index is 13.7. The van der Waals surface area contributed by atoms with E-state index in [9.17, 15) is 9.18 Å². The van der Waals surface area contributed by atoms with E-state index in [1.807, 2.05) is 24.9 Å². The Morgan fingerprint density at radius 3 is 2.68 bits per heavy atom. The quantitative estimate of drug-likeness (QED) is 0.317. The van der Waals surface area contributed by atoms with Gasteiger partial charge in [0, 0.05) is 19.2 Å². The zero-order chi connectivity index (χ0) is 16.5. The number of likely N-dealkylation sites (N-methyl/N-ethyl adjacent to an activating group) is 1. The third-order valence-electron chi connectivity index (χ3n) is 3.14. The molecule has 0 spiro atoms. The van der Waals surface area contributed by atoms with Crippen LogP contribution >= 0.6 is 0 Å². The number of aliphatic imine (C=N–C) groups is 1. The lowest BCUT2D eigenvalue weighted by Crippen LogP contribution is -2.25. The summed E-state index contributed by atoms with van der Waals surface area (Å²) in [5.41, 5.74) is 1.12. The molecule has 1 aromatic carbocycles. The van der Waals surface area contributed by atoms with Crippen molar-refractivity contribution in [2.45, 2.75) is 19.8 Å². The van der Waals surface area contributed by atoms with E-state index in [0.29, 0.717) is 18.4 Å². The van der Waals surface area contributed by atoms with Crippen molar-refractivity contribution in [3.05, 3.63) is 66.7 Å². The summed E-state index contributed by atoms with van der Waals surface area (Å²) in [7, 11) is 1.85. The molecular weight excluding hydrogens is 279 g/mol. The highest BCUT2D eigenvalue weighted by Crippen LogP contribution is 2.22. The third kappa shape index (κ3) is 4.25.